The summed E-state index contributed by atoms with van der Waals surface area (Å²) < 4.78 is 19.7. The highest BCUT2D eigenvalue weighted by atomic mass is 19.1. The molecule has 0 atom stereocenters. The Balaban J connectivity index is 0.000000948. The van der Waals surface area contributed by atoms with Crippen LogP contribution >= 0.6 is 0 Å². The number of rotatable bonds is 4. The Kier molecular flexibility index (Phi) is 11.2. The van der Waals surface area contributed by atoms with Gasteiger partial charge in [0.2, 0.25) is 5.78 Å². The highest BCUT2D eigenvalue weighted by Gasteiger charge is 2.53. The fourth-order valence-electron chi connectivity index (χ4n) is 2.25. The van der Waals surface area contributed by atoms with Crippen molar-refractivity contribution in [1.29, 1.82) is 0 Å². The molecule has 0 spiro atoms. The third kappa shape index (κ3) is 6.29. The van der Waals surface area contributed by atoms with Crippen LogP contribution in [-0.2, 0) is 0 Å². The Bertz CT molecular complexity index is 647. The number of Topliss-reactive ketones (excluding diaryl/α,β-unsaturated/α-hetero) is 1. The first-order valence-electron chi connectivity index (χ1n) is 9.66. The second-order valence-corrected chi connectivity index (χ2v) is 5.22. The van der Waals surface area contributed by atoms with Crippen LogP contribution in [0.15, 0.2) is 48.5 Å². The van der Waals surface area contributed by atoms with Crippen molar-refractivity contribution in [2.45, 2.75) is 66.9 Å². The zero-order chi connectivity index (χ0) is 20.2. The summed E-state index contributed by atoms with van der Waals surface area (Å²) in [7, 11) is 0. The predicted molar refractivity (Wildman–Crippen MR) is 109 cm³/mol. The minimum absolute atomic E-state index is 0.115. The van der Waals surface area contributed by atoms with E-state index in [0.717, 1.165) is 5.56 Å². The second-order valence-electron chi connectivity index (χ2n) is 5.22. The smallest absolute Gasteiger partial charge is 0.209 e. The number of hydrogen-bond donors (Lipinski definition) is 0. The lowest BCUT2D eigenvalue weighted by Gasteiger charge is -2.17. The molecule has 0 amide bonds. The number of carbonyl (C=O) groups excluding carboxylic acids is 1. The Morgan fingerprint density at radius 3 is 1.92 bits per heavy atom. The normalized spacial score (nSPS) is 12.8. The topological polar surface area (TPSA) is 26.3 Å². The minimum atomic E-state index is -0.878. The molecule has 1 aliphatic rings. The van der Waals surface area contributed by atoms with Crippen molar-refractivity contribution in [1.82, 2.24) is 0 Å². The fourth-order valence-corrected chi connectivity index (χ4v) is 2.25. The lowest BCUT2D eigenvalue weighted by molar-refractivity contribution is 0.0741. The summed E-state index contributed by atoms with van der Waals surface area (Å²) in [6.45, 7) is 13.8. The SMILES string of the molecule is CC.CC.CC.Cc1ccc(C(=O)C2(Oc3ccccc3)CC2)c(F)c1. The van der Waals surface area contributed by atoms with Gasteiger partial charge in [0.15, 0.2) is 5.60 Å². The van der Waals surface area contributed by atoms with Crippen molar-refractivity contribution in [2.24, 2.45) is 0 Å². The third-order valence-electron chi connectivity index (χ3n) is 3.54. The standard InChI is InChI=1S/C17H15FO2.3C2H6/c1-12-7-8-14(15(18)11-12)16(19)17(9-10-17)20-13-5-3-2-4-6-13;3*1-2/h2-8,11H,9-10H2,1H3;3*1-2H3. The average Bonchev–Trinajstić information content (AvgIpc) is 3.48. The van der Waals surface area contributed by atoms with Gasteiger partial charge in [-0.15, -0.1) is 0 Å². The zero-order valence-corrected chi connectivity index (χ0v) is 17.2. The van der Waals surface area contributed by atoms with Gasteiger partial charge in [-0.3, -0.25) is 4.79 Å². The van der Waals surface area contributed by atoms with Crippen LogP contribution in [0.2, 0.25) is 0 Å². The molecule has 3 rings (SSSR count). The van der Waals surface area contributed by atoms with Crippen molar-refractivity contribution in [3.05, 3.63) is 65.5 Å². The van der Waals surface area contributed by atoms with Crippen molar-refractivity contribution < 1.29 is 13.9 Å². The first-order chi connectivity index (χ1) is 12.6. The number of aryl methyl sites for hydroxylation is 1. The average molecular weight is 361 g/mol. The largest absolute Gasteiger partial charge is 0.479 e. The number of ether oxygens (including phenoxy) is 1. The van der Waals surface area contributed by atoms with Gasteiger partial charge < -0.3 is 4.74 Å². The molecule has 1 aliphatic carbocycles. The number of halogens is 1. The molecule has 0 radical (unpaired) electrons. The molecule has 2 nitrogen and oxygen atoms in total. The predicted octanol–water partition coefficient (Wildman–Crippen LogP) is 7.01. The maximum atomic E-state index is 13.9. The van der Waals surface area contributed by atoms with E-state index in [1.807, 2.05) is 59.7 Å². The lowest BCUT2D eigenvalue weighted by Crippen LogP contribution is -2.30. The van der Waals surface area contributed by atoms with Crippen LogP contribution in [0.4, 0.5) is 4.39 Å². The number of para-hydroxylation sites is 1. The molecular formula is C23H33FO2. The van der Waals surface area contributed by atoms with Crippen molar-refractivity contribution >= 4 is 5.78 Å². The van der Waals surface area contributed by atoms with Gasteiger partial charge >= 0.3 is 0 Å². The number of ketones is 1. The van der Waals surface area contributed by atoms with Gasteiger partial charge in [0.05, 0.1) is 5.56 Å². The molecule has 1 fully saturated rings. The molecule has 0 aliphatic heterocycles. The molecule has 2 aromatic carbocycles. The Labute approximate surface area is 158 Å². The lowest BCUT2D eigenvalue weighted by atomic mass is 10.0. The van der Waals surface area contributed by atoms with Crippen LogP contribution in [0, 0.1) is 12.7 Å². The molecule has 26 heavy (non-hydrogen) atoms. The van der Waals surface area contributed by atoms with Crippen molar-refractivity contribution in [3.8, 4) is 5.75 Å². The Morgan fingerprint density at radius 1 is 0.923 bits per heavy atom. The van der Waals surface area contributed by atoms with E-state index < -0.39 is 11.4 Å². The van der Waals surface area contributed by atoms with Crippen LogP contribution in [0.3, 0.4) is 0 Å². The molecule has 0 aromatic heterocycles. The van der Waals surface area contributed by atoms with Gasteiger partial charge in [-0.05, 0) is 49.6 Å². The van der Waals surface area contributed by atoms with E-state index in [9.17, 15) is 9.18 Å². The summed E-state index contributed by atoms with van der Waals surface area (Å²) in [6, 6.07) is 13.9. The summed E-state index contributed by atoms with van der Waals surface area (Å²) in [6.07, 6.45) is 1.27. The number of benzene rings is 2. The Morgan fingerprint density at radius 2 is 1.46 bits per heavy atom. The zero-order valence-electron chi connectivity index (χ0n) is 17.2. The van der Waals surface area contributed by atoms with E-state index in [-0.39, 0.29) is 11.3 Å². The van der Waals surface area contributed by atoms with Gasteiger partial charge in [0, 0.05) is 0 Å². The monoisotopic (exact) mass is 360 g/mol. The molecular weight excluding hydrogens is 327 g/mol. The molecule has 0 N–H and O–H groups in total. The van der Waals surface area contributed by atoms with Crippen LogP contribution in [-0.4, -0.2) is 11.4 Å². The fraction of sp³-hybridized carbons (Fsp3) is 0.435. The molecule has 0 heterocycles. The van der Waals surface area contributed by atoms with Gasteiger partial charge in [0.1, 0.15) is 11.6 Å². The van der Waals surface area contributed by atoms with Gasteiger partial charge in [-0.25, -0.2) is 4.39 Å². The molecule has 1 saturated carbocycles. The summed E-state index contributed by atoms with van der Waals surface area (Å²) in [5.41, 5.74) is 0.0363. The summed E-state index contributed by atoms with van der Waals surface area (Å²) >= 11 is 0. The van der Waals surface area contributed by atoms with Gasteiger partial charge in [-0.1, -0.05) is 65.8 Å². The van der Waals surface area contributed by atoms with Crippen molar-refractivity contribution in [2.75, 3.05) is 0 Å². The number of carbonyl (C=O) groups is 1. The summed E-state index contributed by atoms with van der Waals surface area (Å²) in [4.78, 5) is 12.5. The van der Waals surface area contributed by atoms with Crippen LogP contribution in [0.5, 0.6) is 5.75 Å². The molecule has 0 bridgehead atoms. The quantitative estimate of drug-likeness (QED) is 0.548. The van der Waals surface area contributed by atoms with E-state index in [1.54, 1.807) is 31.2 Å². The van der Waals surface area contributed by atoms with Gasteiger partial charge in [0.25, 0.3) is 0 Å². The van der Waals surface area contributed by atoms with Crippen molar-refractivity contribution in [3.63, 3.8) is 0 Å². The molecule has 144 valence electrons. The Hall–Kier alpha value is -2.16. The maximum absolute atomic E-state index is 13.9. The molecule has 0 saturated heterocycles. The second kappa shape index (κ2) is 12.2. The number of hydrogen-bond acceptors (Lipinski definition) is 2. The first-order valence-corrected chi connectivity index (χ1v) is 9.66. The summed E-state index contributed by atoms with van der Waals surface area (Å²) in [5, 5.41) is 0. The summed E-state index contributed by atoms with van der Waals surface area (Å²) in [5.74, 6) is -0.0948. The van der Waals surface area contributed by atoms with Crippen LogP contribution in [0.1, 0.15) is 70.3 Å². The van der Waals surface area contributed by atoms with Gasteiger partial charge in [-0.2, -0.15) is 0 Å². The first kappa shape index (κ1) is 23.8. The minimum Gasteiger partial charge on any atom is -0.479 e. The molecule has 3 heteroatoms. The third-order valence-corrected chi connectivity index (χ3v) is 3.54. The van der Waals surface area contributed by atoms with Crippen LogP contribution in [0.25, 0.3) is 0 Å². The van der Waals surface area contributed by atoms with E-state index in [4.69, 9.17) is 4.74 Å². The molecule has 2 aromatic rings. The maximum Gasteiger partial charge on any atom is 0.209 e. The highest BCUT2D eigenvalue weighted by Crippen LogP contribution is 2.43. The van der Waals surface area contributed by atoms with E-state index in [1.165, 1.54) is 6.07 Å². The van der Waals surface area contributed by atoms with E-state index >= 15 is 0 Å². The van der Waals surface area contributed by atoms with Crippen LogP contribution < -0.4 is 4.74 Å². The molecule has 0 unspecified atom stereocenters. The highest BCUT2D eigenvalue weighted by molar-refractivity contribution is 6.04. The van der Waals surface area contributed by atoms with E-state index in [2.05, 4.69) is 0 Å². The van der Waals surface area contributed by atoms with E-state index in [0.29, 0.717) is 18.6 Å².